The van der Waals surface area contributed by atoms with E-state index in [9.17, 15) is 9.18 Å². The van der Waals surface area contributed by atoms with Gasteiger partial charge in [-0.1, -0.05) is 54.2 Å². The number of benzene rings is 1. The van der Waals surface area contributed by atoms with Gasteiger partial charge in [-0.15, -0.1) is 6.58 Å². The van der Waals surface area contributed by atoms with Gasteiger partial charge in [0.15, 0.2) is 5.65 Å². The van der Waals surface area contributed by atoms with Gasteiger partial charge < -0.3 is 4.98 Å². The first-order valence-electron chi connectivity index (χ1n) is 10.8. The summed E-state index contributed by atoms with van der Waals surface area (Å²) >= 11 is 0. The third-order valence-corrected chi connectivity index (χ3v) is 3.52. The van der Waals surface area contributed by atoms with E-state index in [0.717, 1.165) is 0 Å². The summed E-state index contributed by atoms with van der Waals surface area (Å²) in [5, 5.41) is 0. The van der Waals surface area contributed by atoms with Crippen LogP contribution >= 0.6 is 0 Å². The molecule has 3 aromatic heterocycles. The van der Waals surface area contributed by atoms with E-state index in [-0.39, 0.29) is 11.5 Å². The molecule has 32 heavy (non-hydrogen) atoms. The number of imidazole rings is 2. The molecule has 4 rings (SSSR count). The molecule has 0 atom stereocenters. The molecular formula is C24H35FN6O. The minimum atomic E-state index is -0.374. The quantitative estimate of drug-likeness (QED) is 0.366. The molecule has 4 aromatic rings. The van der Waals surface area contributed by atoms with Crippen LogP contribution in [0, 0.1) is 5.82 Å². The summed E-state index contributed by atoms with van der Waals surface area (Å²) in [5.74, 6) is -0.0829. The van der Waals surface area contributed by atoms with Crippen molar-refractivity contribution in [2.45, 2.75) is 55.4 Å². The van der Waals surface area contributed by atoms with E-state index < -0.39 is 0 Å². The second kappa shape index (κ2) is 14.5. The van der Waals surface area contributed by atoms with Crippen molar-refractivity contribution in [3.8, 4) is 5.95 Å². The molecule has 0 aliphatic carbocycles. The van der Waals surface area contributed by atoms with Gasteiger partial charge in [-0.2, -0.15) is 4.98 Å². The molecule has 174 valence electrons. The zero-order chi connectivity index (χ0) is 24.8. The average Bonchev–Trinajstić information content (AvgIpc) is 3.37. The van der Waals surface area contributed by atoms with E-state index in [4.69, 9.17) is 0 Å². The maximum Gasteiger partial charge on any atom is 0.332 e. The van der Waals surface area contributed by atoms with E-state index in [0.29, 0.717) is 33.8 Å². The summed E-state index contributed by atoms with van der Waals surface area (Å²) in [6, 6.07) is 4.28. The standard InChI is InChI=1S/C15H11FN6O.C3H6.3C2H6/c1-8(2)22-13-11(19-15(22)23)6-17-14(20-13)21-7-18-10-4-3-9(16)5-12(10)21;1-3-2;3*1-2/h3-7H,1H2,2H3,(H,19,23);3H,1H2,2H3;3*1-2H3. The van der Waals surface area contributed by atoms with Crippen LogP contribution < -0.4 is 5.69 Å². The van der Waals surface area contributed by atoms with E-state index in [1.54, 1.807) is 23.6 Å². The Bertz CT molecular complexity index is 1190. The lowest BCUT2D eigenvalue weighted by atomic mass is 10.3. The van der Waals surface area contributed by atoms with Gasteiger partial charge in [0.05, 0.1) is 17.2 Å². The van der Waals surface area contributed by atoms with Crippen molar-refractivity contribution in [3.05, 3.63) is 66.3 Å². The second-order valence-electron chi connectivity index (χ2n) is 5.56. The molecule has 7 nitrogen and oxygen atoms in total. The number of hydrogen-bond donors (Lipinski definition) is 1. The van der Waals surface area contributed by atoms with Crippen LogP contribution in [0.15, 0.2) is 54.8 Å². The normalized spacial score (nSPS) is 9.16. The molecule has 0 unspecified atom stereocenters. The Labute approximate surface area is 189 Å². The van der Waals surface area contributed by atoms with Crippen molar-refractivity contribution in [2.75, 3.05) is 0 Å². The molecule has 0 radical (unpaired) electrons. The molecule has 1 aromatic carbocycles. The lowest BCUT2D eigenvalue weighted by molar-refractivity contribution is 0.629. The largest absolute Gasteiger partial charge is 0.332 e. The first-order chi connectivity index (χ1) is 15.5. The summed E-state index contributed by atoms with van der Waals surface area (Å²) in [5.41, 5.74) is 2.28. The second-order valence-corrected chi connectivity index (χ2v) is 5.56. The van der Waals surface area contributed by atoms with Gasteiger partial charge >= 0.3 is 5.69 Å². The minimum Gasteiger partial charge on any atom is -0.303 e. The third kappa shape index (κ3) is 6.47. The van der Waals surface area contributed by atoms with Crippen LogP contribution in [0.25, 0.3) is 33.8 Å². The maximum atomic E-state index is 13.5. The van der Waals surface area contributed by atoms with Crippen LogP contribution in [0.2, 0.25) is 0 Å². The van der Waals surface area contributed by atoms with E-state index in [1.165, 1.54) is 29.2 Å². The lowest BCUT2D eigenvalue weighted by Gasteiger charge is -2.04. The SMILES string of the molecule is C=C(C)n1c(=O)[nH]c2cnc(-n3cnc4ccc(F)cc43)nc21.C=CC.CC.CC.CC. The fourth-order valence-corrected chi connectivity index (χ4v) is 2.50. The van der Waals surface area contributed by atoms with Gasteiger partial charge in [-0.05, 0) is 26.0 Å². The van der Waals surface area contributed by atoms with Crippen molar-refractivity contribution >= 4 is 27.9 Å². The smallest absolute Gasteiger partial charge is 0.303 e. The predicted octanol–water partition coefficient (Wildman–Crippen LogP) is 6.36. The molecule has 0 aliphatic heterocycles. The van der Waals surface area contributed by atoms with Crippen molar-refractivity contribution in [1.29, 1.82) is 0 Å². The summed E-state index contributed by atoms with van der Waals surface area (Å²) in [7, 11) is 0. The van der Waals surface area contributed by atoms with Gasteiger partial charge in [-0.3, -0.25) is 4.57 Å². The van der Waals surface area contributed by atoms with Crippen molar-refractivity contribution < 1.29 is 4.39 Å². The summed E-state index contributed by atoms with van der Waals surface area (Å²) < 4.78 is 16.4. The average molecular weight is 443 g/mol. The topological polar surface area (TPSA) is 81.4 Å². The Hall–Kier alpha value is -3.55. The number of nitrogens with one attached hydrogen (secondary N) is 1. The van der Waals surface area contributed by atoms with Crippen molar-refractivity contribution in [3.63, 3.8) is 0 Å². The maximum absolute atomic E-state index is 13.5. The third-order valence-electron chi connectivity index (χ3n) is 3.52. The van der Waals surface area contributed by atoms with Gasteiger partial charge in [0.2, 0.25) is 5.95 Å². The predicted molar refractivity (Wildman–Crippen MR) is 134 cm³/mol. The van der Waals surface area contributed by atoms with Gasteiger partial charge in [0.1, 0.15) is 17.7 Å². The first-order valence-corrected chi connectivity index (χ1v) is 10.8. The van der Waals surface area contributed by atoms with Gasteiger partial charge in [-0.25, -0.2) is 23.7 Å². The molecular weight excluding hydrogens is 407 g/mol. The van der Waals surface area contributed by atoms with E-state index in [1.807, 2.05) is 48.5 Å². The highest BCUT2D eigenvalue weighted by Crippen LogP contribution is 2.18. The van der Waals surface area contributed by atoms with Gasteiger partial charge in [0.25, 0.3) is 0 Å². The number of rotatable bonds is 2. The first kappa shape index (κ1) is 28.5. The molecule has 0 saturated carbocycles. The molecule has 3 heterocycles. The van der Waals surface area contributed by atoms with Crippen molar-refractivity contribution in [1.82, 2.24) is 29.1 Å². The molecule has 8 heteroatoms. The number of H-pyrrole nitrogens is 1. The molecule has 0 bridgehead atoms. The molecule has 0 spiro atoms. The van der Waals surface area contributed by atoms with Crippen LogP contribution in [0.3, 0.4) is 0 Å². The number of fused-ring (bicyclic) bond motifs is 2. The summed E-state index contributed by atoms with van der Waals surface area (Å²) in [6.07, 6.45) is 4.77. The van der Waals surface area contributed by atoms with Crippen LogP contribution in [-0.2, 0) is 0 Å². The Morgan fingerprint density at radius 3 is 2.28 bits per heavy atom. The fourth-order valence-electron chi connectivity index (χ4n) is 2.50. The molecule has 0 saturated heterocycles. The van der Waals surface area contributed by atoms with Crippen LogP contribution in [0.4, 0.5) is 4.39 Å². The highest BCUT2D eigenvalue weighted by atomic mass is 19.1. The number of aromatic amines is 1. The fraction of sp³-hybridized carbons (Fsp3) is 0.333. The Morgan fingerprint density at radius 1 is 1.12 bits per heavy atom. The Morgan fingerprint density at radius 2 is 1.72 bits per heavy atom. The molecule has 0 fully saturated rings. The van der Waals surface area contributed by atoms with Gasteiger partial charge in [0, 0.05) is 11.8 Å². The van der Waals surface area contributed by atoms with Crippen LogP contribution in [0.1, 0.15) is 55.4 Å². The minimum absolute atomic E-state index is 0.291. The van der Waals surface area contributed by atoms with Crippen molar-refractivity contribution in [2.24, 2.45) is 0 Å². The highest BCUT2D eigenvalue weighted by molar-refractivity contribution is 5.78. The highest BCUT2D eigenvalue weighted by Gasteiger charge is 2.13. The monoisotopic (exact) mass is 442 g/mol. The van der Waals surface area contributed by atoms with Crippen LogP contribution in [0.5, 0.6) is 0 Å². The Kier molecular flexibility index (Phi) is 12.9. The number of allylic oxidation sites excluding steroid dienone is 2. The van der Waals surface area contributed by atoms with Crippen LogP contribution in [-0.4, -0.2) is 29.1 Å². The summed E-state index contributed by atoms with van der Waals surface area (Å²) in [6.45, 7) is 22.7. The van der Waals surface area contributed by atoms with E-state index >= 15 is 0 Å². The number of hydrogen-bond acceptors (Lipinski definition) is 4. The molecule has 1 N–H and O–H groups in total. The van der Waals surface area contributed by atoms with E-state index in [2.05, 4.69) is 33.1 Å². The zero-order valence-electron chi connectivity index (χ0n) is 20.4. The lowest BCUT2D eigenvalue weighted by Crippen LogP contribution is -2.14. The number of halogens is 1. The zero-order valence-corrected chi connectivity index (χ0v) is 20.4. The number of nitrogens with zero attached hydrogens (tertiary/aromatic N) is 5. The number of aromatic nitrogens is 6. The molecule has 0 aliphatic rings. The summed E-state index contributed by atoms with van der Waals surface area (Å²) in [4.78, 5) is 27.4. The molecule has 0 amide bonds. The Balaban J connectivity index is 0.000000948.